The molecular formula is C14H19NO2. The van der Waals surface area contributed by atoms with E-state index in [0.717, 1.165) is 30.4 Å². The number of benzene rings is 1. The molecule has 1 aromatic rings. The zero-order chi connectivity index (χ0) is 12.5. The summed E-state index contributed by atoms with van der Waals surface area (Å²) in [6.45, 7) is 4.30. The number of aryl methyl sites for hydroxylation is 1. The molecule has 0 aliphatic heterocycles. The van der Waals surface area contributed by atoms with E-state index in [1.165, 1.54) is 0 Å². The van der Waals surface area contributed by atoms with Crippen molar-refractivity contribution < 1.29 is 9.90 Å². The molecule has 92 valence electrons. The maximum atomic E-state index is 12.0. The minimum atomic E-state index is -0.659. The van der Waals surface area contributed by atoms with Crippen LogP contribution in [-0.2, 0) is 0 Å². The highest BCUT2D eigenvalue weighted by Gasteiger charge is 2.34. The summed E-state index contributed by atoms with van der Waals surface area (Å²) in [5.41, 5.74) is 2.16. The maximum Gasteiger partial charge on any atom is 0.251 e. The van der Waals surface area contributed by atoms with Gasteiger partial charge in [-0.15, -0.1) is 0 Å². The maximum absolute atomic E-state index is 12.0. The lowest BCUT2D eigenvalue weighted by Gasteiger charge is -2.36. The van der Waals surface area contributed by atoms with Crippen molar-refractivity contribution in [3.8, 4) is 0 Å². The molecule has 0 unspecified atom stereocenters. The van der Waals surface area contributed by atoms with Crippen LogP contribution in [0.15, 0.2) is 18.2 Å². The van der Waals surface area contributed by atoms with Gasteiger partial charge in [0.1, 0.15) is 0 Å². The lowest BCUT2D eigenvalue weighted by molar-refractivity contribution is -0.0300. The number of carbonyl (C=O) groups excluding carboxylic acids is 1. The van der Waals surface area contributed by atoms with Gasteiger partial charge in [-0.2, -0.15) is 0 Å². The molecule has 3 heteroatoms. The highest BCUT2D eigenvalue weighted by molar-refractivity contribution is 5.95. The molecule has 0 bridgehead atoms. The van der Waals surface area contributed by atoms with Crippen molar-refractivity contribution in [2.24, 2.45) is 0 Å². The van der Waals surface area contributed by atoms with Gasteiger partial charge in [0.05, 0.1) is 5.60 Å². The van der Waals surface area contributed by atoms with Crippen molar-refractivity contribution in [1.82, 2.24) is 5.32 Å². The molecule has 0 spiro atoms. The first-order valence-corrected chi connectivity index (χ1v) is 6.09. The molecule has 0 atom stereocenters. The van der Waals surface area contributed by atoms with Crippen LogP contribution in [0.5, 0.6) is 0 Å². The largest absolute Gasteiger partial charge is 0.388 e. The van der Waals surface area contributed by atoms with E-state index in [0.29, 0.717) is 12.1 Å². The molecule has 1 aliphatic rings. The first kappa shape index (κ1) is 12.1. The highest BCUT2D eigenvalue weighted by atomic mass is 16.3. The van der Waals surface area contributed by atoms with Crippen molar-refractivity contribution in [3.63, 3.8) is 0 Å². The normalized spacial score (nSPS) is 17.4. The molecule has 1 fully saturated rings. The van der Waals surface area contributed by atoms with Gasteiger partial charge in [0.25, 0.3) is 5.91 Å². The van der Waals surface area contributed by atoms with E-state index in [1.807, 2.05) is 32.0 Å². The van der Waals surface area contributed by atoms with Gasteiger partial charge in [-0.3, -0.25) is 4.79 Å². The summed E-state index contributed by atoms with van der Waals surface area (Å²) in [5.74, 6) is -0.0912. The van der Waals surface area contributed by atoms with Gasteiger partial charge in [-0.25, -0.2) is 0 Å². The van der Waals surface area contributed by atoms with Crippen LogP contribution >= 0.6 is 0 Å². The van der Waals surface area contributed by atoms with Crippen molar-refractivity contribution in [3.05, 3.63) is 34.9 Å². The number of carbonyl (C=O) groups is 1. The molecule has 3 nitrogen and oxygen atoms in total. The Hall–Kier alpha value is -1.35. The van der Waals surface area contributed by atoms with Gasteiger partial charge in [-0.1, -0.05) is 12.1 Å². The topological polar surface area (TPSA) is 49.3 Å². The smallest absolute Gasteiger partial charge is 0.251 e. The van der Waals surface area contributed by atoms with Gasteiger partial charge in [0, 0.05) is 12.1 Å². The van der Waals surface area contributed by atoms with Crippen molar-refractivity contribution in [2.75, 3.05) is 6.54 Å². The summed E-state index contributed by atoms with van der Waals surface area (Å²) < 4.78 is 0. The Morgan fingerprint density at radius 1 is 1.41 bits per heavy atom. The Kier molecular flexibility index (Phi) is 3.20. The van der Waals surface area contributed by atoms with Crippen molar-refractivity contribution in [1.29, 1.82) is 0 Å². The van der Waals surface area contributed by atoms with E-state index in [2.05, 4.69) is 5.32 Å². The predicted octanol–water partition coefficient (Wildman–Crippen LogP) is 1.95. The Balaban J connectivity index is 2.02. The molecule has 17 heavy (non-hydrogen) atoms. The molecule has 1 aromatic carbocycles. The fourth-order valence-corrected chi connectivity index (χ4v) is 2.10. The lowest BCUT2D eigenvalue weighted by atomic mass is 9.80. The second kappa shape index (κ2) is 4.49. The molecule has 1 saturated carbocycles. The van der Waals surface area contributed by atoms with Crippen molar-refractivity contribution in [2.45, 2.75) is 38.7 Å². The van der Waals surface area contributed by atoms with E-state index in [4.69, 9.17) is 0 Å². The second-order valence-corrected chi connectivity index (χ2v) is 5.01. The van der Waals surface area contributed by atoms with Crippen LogP contribution in [-0.4, -0.2) is 23.2 Å². The molecular weight excluding hydrogens is 214 g/mol. The molecule has 2 rings (SSSR count). The van der Waals surface area contributed by atoms with Crippen molar-refractivity contribution >= 4 is 5.91 Å². The predicted molar refractivity (Wildman–Crippen MR) is 67.1 cm³/mol. The van der Waals surface area contributed by atoms with Gasteiger partial charge < -0.3 is 10.4 Å². The number of rotatable bonds is 3. The average Bonchev–Trinajstić information content (AvgIpc) is 2.27. The molecule has 0 heterocycles. The quantitative estimate of drug-likeness (QED) is 0.838. The second-order valence-electron chi connectivity index (χ2n) is 5.01. The molecule has 0 radical (unpaired) electrons. The SMILES string of the molecule is Cc1cccc(C(=O)NCC2(O)CCC2)c1C. The van der Waals surface area contributed by atoms with Crippen LogP contribution in [0.3, 0.4) is 0 Å². The van der Waals surface area contributed by atoms with Crippen LogP contribution in [0.4, 0.5) is 0 Å². The van der Waals surface area contributed by atoms with Crippen LogP contribution in [0.2, 0.25) is 0 Å². The van der Waals surface area contributed by atoms with E-state index >= 15 is 0 Å². The molecule has 2 N–H and O–H groups in total. The fraction of sp³-hybridized carbons (Fsp3) is 0.500. The van der Waals surface area contributed by atoms with Crippen LogP contribution in [0, 0.1) is 13.8 Å². The molecule has 1 amide bonds. The summed E-state index contributed by atoms with van der Waals surface area (Å²) in [4.78, 5) is 12.0. The van der Waals surface area contributed by atoms with Crippen LogP contribution in [0.25, 0.3) is 0 Å². The Bertz CT molecular complexity index is 436. The minimum absolute atomic E-state index is 0.0912. The van der Waals surface area contributed by atoms with Gasteiger partial charge in [-0.05, 0) is 50.3 Å². The Labute approximate surface area is 102 Å². The summed E-state index contributed by atoms with van der Waals surface area (Å²) in [7, 11) is 0. The van der Waals surface area contributed by atoms with Gasteiger partial charge in [0.2, 0.25) is 0 Å². The van der Waals surface area contributed by atoms with Crippen LogP contribution in [0.1, 0.15) is 40.7 Å². The first-order chi connectivity index (χ1) is 8.02. The third kappa shape index (κ3) is 2.50. The number of hydrogen-bond acceptors (Lipinski definition) is 2. The number of hydrogen-bond donors (Lipinski definition) is 2. The zero-order valence-corrected chi connectivity index (χ0v) is 10.4. The Morgan fingerprint density at radius 2 is 2.12 bits per heavy atom. The van der Waals surface area contributed by atoms with Crippen LogP contribution < -0.4 is 5.32 Å². The minimum Gasteiger partial charge on any atom is -0.388 e. The fourth-order valence-electron chi connectivity index (χ4n) is 2.10. The average molecular weight is 233 g/mol. The summed E-state index contributed by atoms with van der Waals surface area (Å²) in [6.07, 6.45) is 2.63. The standard InChI is InChI=1S/C14H19NO2/c1-10-5-3-6-12(11(10)2)13(16)15-9-14(17)7-4-8-14/h3,5-6,17H,4,7-9H2,1-2H3,(H,15,16). The number of aliphatic hydroxyl groups is 1. The lowest BCUT2D eigenvalue weighted by Crippen LogP contribution is -2.47. The summed E-state index contributed by atoms with van der Waals surface area (Å²) in [6, 6.07) is 5.70. The van der Waals surface area contributed by atoms with Gasteiger partial charge >= 0.3 is 0 Å². The monoisotopic (exact) mass is 233 g/mol. The highest BCUT2D eigenvalue weighted by Crippen LogP contribution is 2.30. The number of nitrogens with one attached hydrogen (secondary N) is 1. The van der Waals surface area contributed by atoms with E-state index < -0.39 is 5.60 Å². The third-order valence-corrected chi connectivity index (χ3v) is 3.71. The third-order valence-electron chi connectivity index (χ3n) is 3.71. The van der Waals surface area contributed by atoms with Gasteiger partial charge in [0.15, 0.2) is 0 Å². The molecule has 1 aliphatic carbocycles. The first-order valence-electron chi connectivity index (χ1n) is 6.09. The summed E-state index contributed by atoms with van der Waals surface area (Å²) in [5, 5.41) is 12.7. The molecule has 0 aromatic heterocycles. The Morgan fingerprint density at radius 3 is 2.71 bits per heavy atom. The molecule has 0 saturated heterocycles. The summed E-state index contributed by atoms with van der Waals surface area (Å²) >= 11 is 0. The zero-order valence-electron chi connectivity index (χ0n) is 10.4. The van der Waals surface area contributed by atoms with E-state index in [9.17, 15) is 9.90 Å². The number of amides is 1. The van der Waals surface area contributed by atoms with E-state index in [-0.39, 0.29) is 5.91 Å². The van der Waals surface area contributed by atoms with E-state index in [1.54, 1.807) is 0 Å².